The van der Waals surface area contributed by atoms with Crippen LogP contribution in [0.3, 0.4) is 0 Å². The Hall–Kier alpha value is -0.640. The molecule has 0 bridgehead atoms. The van der Waals surface area contributed by atoms with Gasteiger partial charge in [0, 0.05) is 18.6 Å². The van der Waals surface area contributed by atoms with Gasteiger partial charge in [-0.3, -0.25) is 0 Å². The number of sulfonamides is 1. The summed E-state index contributed by atoms with van der Waals surface area (Å²) < 4.78 is 25.3. The SMILES string of the molecule is N#CCS(=O)(=O)N1CCCC1C1CCCN1. The minimum absolute atomic E-state index is 0.0702. The Morgan fingerprint density at radius 2 is 2.19 bits per heavy atom. The van der Waals surface area contributed by atoms with E-state index < -0.39 is 15.8 Å². The van der Waals surface area contributed by atoms with Gasteiger partial charge in [-0.05, 0) is 32.2 Å². The highest BCUT2D eigenvalue weighted by molar-refractivity contribution is 7.89. The molecule has 0 saturated carbocycles. The molecule has 0 radical (unpaired) electrons. The number of hydrogen-bond acceptors (Lipinski definition) is 4. The van der Waals surface area contributed by atoms with Gasteiger partial charge in [0.25, 0.3) is 0 Å². The maximum Gasteiger partial charge on any atom is 0.227 e. The van der Waals surface area contributed by atoms with E-state index in [0.29, 0.717) is 6.54 Å². The molecule has 16 heavy (non-hydrogen) atoms. The van der Waals surface area contributed by atoms with Crippen molar-refractivity contribution in [2.45, 2.75) is 37.8 Å². The molecule has 6 heteroatoms. The monoisotopic (exact) mass is 243 g/mol. The molecule has 2 unspecified atom stereocenters. The zero-order valence-electron chi connectivity index (χ0n) is 9.22. The summed E-state index contributed by atoms with van der Waals surface area (Å²) in [5.74, 6) is -0.393. The maximum atomic E-state index is 11.9. The summed E-state index contributed by atoms with van der Waals surface area (Å²) in [6, 6.07) is 2.10. The average molecular weight is 243 g/mol. The Balaban J connectivity index is 2.11. The van der Waals surface area contributed by atoms with Crippen molar-refractivity contribution in [1.29, 1.82) is 5.26 Å². The van der Waals surface area contributed by atoms with Gasteiger partial charge in [0.1, 0.15) is 0 Å². The quantitative estimate of drug-likeness (QED) is 0.760. The Morgan fingerprint density at radius 3 is 2.81 bits per heavy atom. The number of rotatable bonds is 3. The Kier molecular flexibility index (Phi) is 3.47. The summed E-state index contributed by atoms with van der Waals surface area (Å²) in [5.41, 5.74) is 0. The fourth-order valence-electron chi connectivity index (χ4n) is 2.72. The molecule has 0 aromatic carbocycles. The normalized spacial score (nSPS) is 31.7. The highest BCUT2D eigenvalue weighted by atomic mass is 32.2. The third-order valence-electron chi connectivity index (χ3n) is 3.42. The Bertz CT molecular complexity index is 381. The number of nitriles is 1. The summed E-state index contributed by atoms with van der Waals surface area (Å²) in [5, 5.41) is 11.9. The van der Waals surface area contributed by atoms with Crippen molar-refractivity contribution in [3.63, 3.8) is 0 Å². The smallest absolute Gasteiger partial charge is 0.227 e. The van der Waals surface area contributed by atoms with E-state index >= 15 is 0 Å². The molecule has 2 fully saturated rings. The third-order valence-corrected chi connectivity index (χ3v) is 5.08. The van der Waals surface area contributed by atoms with E-state index in [1.165, 1.54) is 0 Å². The minimum Gasteiger partial charge on any atom is -0.312 e. The van der Waals surface area contributed by atoms with Crippen LogP contribution in [0, 0.1) is 11.3 Å². The molecule has 0 aromatic heterocycles. The molecule has 2 aliphatic rings. The van der Waals surface area contributed by atoms with E-state index in [1.54, 1.807) is 10.4 Å². The molecule has 2 rings (SSSR count). The lowest BCUT2D eigenvalue weighted by molar-refractivity contribution is 0.323. The van der Waals surface area contributed by atoms with Crippen LogP contribution in [-0.2, 0) is 10.0 Å². The second kappa shape index (κ2) is 4.70. The molecule has 0 spiro atoms. The van der Waals surface area contributed by atoms with E-state index in [4.69, 9.17) is 5.26 Å². The molecule has 0 aromatic rings. The Morgan fingerprint density at radius 1 is 1.38 bits per heavy atom. The van der Waals surface area contributed by atoms with Gasteiger partial charge >= 0.3 is 0 Å². The molecule has 2 saturated heterocycles. The standard InChI is InChI=1S/C10H17N3O2S/c11-5-8-16(14,15)13-7-2-4-10(13)9-3-1-6-12-9/h9-10,12H,1-4,6-8H2. The highest BCUT2D eigenvalue weighted by Crippen LogP contribution is 2.27. The Labute approximate surface area is 96.5 Å². The van der Waals surface area contributed by atoms with Crippen LogP contribution in [-0.4, -0.2) is 43.6 Å². The van der Waals surface area contributed by atoms with Crippen LogP contribution in [0.25, 0.3) is 0 Å². The van der Waals surface area contributed by atoms with Gasteiger partial charge < -0.3 is 5.32 Å². The summed E-state index contributed by atoms with van der Waals surface area (Å²) >= 11 is 0. The molecule has 2 aliphatic heterocycles. The summed E-state index contributed by atoms with van der Waals surface area (Å²) in [7, 11) is -3.36. The first-order valence-corrected chi connectivity index (χ1v) is 7.36. The zero-order chi connectivity index (χ0) is 11.6. The van der Waals surface area contributed by atoms with Crippen LogP contribution in [0.5, 0.6) is 0 Å². The predicted octanol–water partition coefficient (Wildman–Crippen LogP) is 0.0562. The second-order valence-electron chi connectivity index (χ2n) is 4.44. The lowest BCUT2D eigenvalue weighted by Gasteiger charge is -2.27. The topological polar surface area (TPSA) is 73.2 Å². The lowest BCUT2D eigenvalue weighted by Crippen LogP contribution is -2.47. The van der Waals surface area contributed by atoms with Crippen molar-refractivity contribution < 1.29 is 8.42 Å². The third kappa shape index (κ3) is 2.21. The molecular weight excluding hydrogens is 226 g/mol. The fourth-order valence-corrected chi connectivity index (χ4v) is 4.12. The second-order valence-corrected chi connectivity index (χ2v) is 6.36. The molecule has 90 valence electrons. The van der Waals surface area contributed by atoms with Crippen molar-refractivity contribution in [1.82, 2.24) is 9.62 Å². The van der Waals surface area contributed by atoms with Crippen LogP contribution < -0.4 is 5.32 Å². The number of nitrogens with one attached hydrogen (secondary N) is 1. The van der Waals surface area contributed by atoms with Gasteiger partial charge in [-0.1, -0.05) is 0 Å². The van der Waals surface area contributed by atoms with Gasteiger partial charge in [-0.15, -0.1) is 0 Å². The van der Waals surface area contributed by atoms with Gasteiger partial charge in [-0.25, -0.2) is 8.42 Å². The van der Waals surface area contributed by atoms with Gasteiger partial charge in [0.15, 0.2) is 5.75 Å². The molecule has 2 heterocycles. The van der Waals surface area contributed by atoms with Gasteiger partial charge in [0.2, 0.25) is 10.0 Å². The predicted molar refractivity (Wildman–Crippen MR) is 60.2 cm³/mol. The maximum absolute atomic E-state index is 11.9. The van der Waals surface area contributed by atoms with Crippen molar-refractivity contribution in [2.75, 3.05) is 18.8 Å². The molecule has 5 nitrogen and oxygen atoms in total. The molecule has 1 N–H and O–H groups in total. The van der Waals surface area contributed by atoms with E-state index in [1.807, 2.05) is 0 Å². The molecular formula is C10H17N3O2S. The first-order valence-electron chi connectivity index (χ1n) is 5.75. The van der Waals surface area contributed by atoms with Crippen LogP contribution >= 0.6 is 0 Å². The van der Waals surface area contributed by atoms with Crippen LogP contribution in [0.1, 0.15) is 25.7 Å². The summed E-state index contributed by atoms with van der Waals surface area (Å²) in [4.78, 5) is 0. The first kappa shape index (κ1) is 11.8. The van der Waals surface area contributed by atoms with Crippen LogP contribution in [0.2, 0.25) is 0 Å². The summed E-state index contributed by atoms with van der Waals surface area (Å²) in [6.07, 6.45) is 3.99. The minimum atomic E-state index is -3.36. The van der Waals surface area contributed by atoms with E-state index in [2.05, 4.69) is 5.32 Å². The van der Waals surface area contributed by atoms with Crippen molar-refractivity contribution >= 4 is 10.0 Å². The van der Waals surface area contributed by atoms with Crippen molar-refractivity contribution in [2.24, 2.45) is 0 Å². The van der Waals surface area contributed by atoms with E-state index in [0.717, 1.165) is 32.2 Å². The average Bonchev–Trinajstić information content (AvgIpc) is 2.88. The van der Waals surface area contributed by atoms with Crippen molar-refractivity contribution in [3.8, 4) is 6.07 Å². The highest BCUT2D eigenvalue weighted by Gasteiger charge is 2.39. The first-order chi connectivity index (χ1) is 7.65. The molecule has 0 aliphatic carbocycles. The van der Waals surface area contributed by atoms with Gasteiger partial charge in [-0.2, -0.15) is 9.57 Å². The van der Waals surface area contributed by atoms with Gasteiger partial charge in [0.05, 0.1) is 6.07 Å². The largest absolute Gasteiger partial charge is 0.312 e. The van der Waals surface area contributed by atoms with Crippen LogP contribution in [0.15, 0.2) is 0 Å². The number of hydrogen-bond donors (Lipinski definition) is 1. The molecule has 2 atom stereocenters. The summed E-state index contributed by atoms with van der Waals surface area (Å²) in [6.45, 7) is 1.56. The van der Waals surface area contributed by atoms with Crippen LogP contribution in [0.4, 0.5) is 0 Å². The molecule has 0 amide bonds. The number of nitrogens with zero attached hydrogens (tertiary/aromatic N) is 2. The van der Waals surface area contributed by atoms with Crippen molar-refractivity contribution in [3.05, 3.63) is 0 Å². The zero-order valence-corrected chi connectivity index (χ0v) is 10.0. The lowest BCUT2D eigenvalue weighted by atomic mass is 10.1. The fraction of sp³-hybridized carbons (Fsp3) is 0.900. The van der Waals surface area contributed by atoms with E-state index in [-0.39, 0.29) is 12.1 Å². The van der Waals surface area contributed by atoms with E-state index in [9.17, 15) is 8.42 Å².